The number of benzene rings is 2. The van der Waals surface area contributed by atoms with E-state index in [2.05, 4.69) is 11.4 Å². The predicted octanol–water partition coefficient (Wildman–Crippen LogP) is 3.56. The Labute approximate surface area is 159 Å². The minimum absolute atomic E-state index is 0.0894. The first kappa shape index (κ1) is 19.8. The highest BCUT2D eigenvalue weighted by molar-refractivity contribution is 7.99. The molecule has 0 heterocycles. The van der Waals surface area contributed by atoms with Crippen molar-refractivity contribution in [2.75, 3.05) is 37.8 Å². The molecule has 136 valence electrons. The van der Waals surface area contributed by atoms with Crippen molar-refractivity contribution in [3.8, 4) is 11.8 Å². The molecule has 0 saturated heterocycles. The Kier molecular flexibility index (Phi) is 8.00. The van der Waals surface area contributed by atoms with Gasteiger partial charge in [-0.25, -0.2) is 0 Å². The maximum Gasteiger partial charge on any atom is 0.238 e. The second-order valence-corrected chi connectivity index (χ2v) is 6.86. The second-order valence-electron chi connectivity index (χ2n) is 5.84. The number of carbonyl (C=O) groups excluding carboxylic acids is 1. The van der Waals surface area contributed by atoms with E-state index >= 15 is 0 Å². The van der Waals surface area contributed by atoms with Gasteiger partial charge in [-0.2, -0.15) is 5.26 Å². The van der Waals surface area contributed by atoms with Crippen molar-refractivity contribution in [2.45, 2.75) is 11.8 Å². The first-order valence-electron chi connectivity index (χ1n) is 8.35. The lowest BCUT2D eigenvalue weighted by Crippen LogP contribution is -2.33. The van der Waals surface area contributed by atoms with E-state index in [1.54, 1.807) is 0 Å². The summed E-state index contributed by atoms with van der Waals surface area (Å²) in [5.41, 5.74) is 1.83. The van der Waals surface area contributed by atoms with Gasteiger partial charge in [0.1, 0.15) is 12.4 Å². The summed E-state index contributed by atoms with van der Waals surface area (Å²) in [5, 5.41) is 11.6. The molecule has 0 spiro atoms. The van der Waals surface area contributed by atoms with Crippen molar-refractivity contribution in [2.24, 2.45) is 0 Å². The molecule has 2 rings (SSSR count). The number of carbonyl (C=O) groups is 1. The van der Waals surface area contributed by atoms with Gasteiger partial charge in [0.05, 0.1) is 24.1 Å². The fourth-order valence-electron chi connectivity index (χ4n) is 2.35. The van der Waals surface area contributed by atoms with Crippen LogP contribution < -0.4 is 10.1 Å². The van der Waals surface area contributed by atoms with Crippen LogP contribution in [0.4, 0.5) is 5.69 Å². The normalized spacial score (nSPS) is 10.4. The zero-order valence-electron chi connectivity index (χ0n) is 15.1. The quantitative estimate of drug-likeness (QED) is 0.685. The number of thioether (sulfide) groups is 1. The molecule has 0 radical (unpaired) electrons. The molecule has 6 heteroatoms. The van der Waals surface area contributed by atoms with E-state index < -0.39 is 0 Å². The van der Waals surface area contributed by atoms with E-state index in [4.69, 9.17) is 10.00 Å². The van der Waals surface area contributed by atoms with Crippen molar-refractivity contribution < 1.29 is 9.53 Å². The van der Waals surface area contributed by atoms with E-state index in [0.717, 1.165) is 21.9 Å². The number of para-hydroxylation sites is 2. The van der Waals surface area contributed by atoms with Crippen molar-refractivity contribution in [1.29, 1.82) is 5.26 Å². The van der Waals surface area contributed by atoms with Gasteiger partial charge in [-0.3, -0.25) is 9.69 Å². The molecule has 0 saturated carbocycles. The number of hydrogen-bond donors (Lipinski definition) is 1. The number of amides is 1. The molecular formula is C20H23N3O2S. The number of aryl methyl sites for hydroxylation is 1. The third kappa shape index (κ3) is 6.43. The highest BCUT2D eigenvalue weighted by Crippen LogP contribution is 2.26. The lowest BCUT2D eigenvalue weighted by Gasteiger charge is -2.18. The topological polar surface area (TPSA) is 65.4 Å². The summed E-state index contributed by atoms with van der Waals surface area (Å²) in [6.07, 6.45) is 0. The Morgan fingerprint density at radius 2 is 1.96 bits per heavy atom. The molecule has 5 nitrogen and oxygen atoms in total. The molecule has 0 unspecified atom stereocenters. The molecular weight excluding hydrogens is 346 g/mol. The molecule has 0 fully saturated rings. The summed E-state index contributed by atoms with van der Waals surface area (Å²) >= 11 is 1.41. The number of nitrogens with zero attached hydrogens (tertiary/aromatic N) is 2. The third-order valence-electron chi connectivity index (χ3n) is 3.69. The summed E-state index contributed by atoms with van der Waals surface area (Å²) in [7, 11) is 1.89. The molecule has 0 aliphatic heterocycles. The molecule has 1 N–H and O–H groups in total. The molecule has 2 aromatic rings. The van der Waals surface area contributed by atoms with Gasteiger partial charge in [-0.1, -0.05) is 30.3 Å². The van der Waals surface area contributed by atoms with Crippen LogP contribution in [0.3, 0.4) is 0 Å². The van der Waals surface area contributed by atoms with Crippen molar-refractivity contribution in [3.63, 3.8) is 0 Å². The molecule has 0 bridgehead atoms. The van der Waals surface area contributed by atoms with Gasteiger partial charge in [0.15, 0.2) is 0 Å². The monoisotopic (exact) mass is 369 g/mol. The highest BCUT2D eigenvalue weighted by atomic mass is 32.2. The summed E-state index contributed by atoms with van der Waals surface area (Å²) in [4.78, 5) is 15.1. The third-order valence-corrected chi connectivity index (χ3v) is 4.63. The predicted molar refractivity (Wildman–Crippen MR) is 106 cm³/mol. The van der Waals surface area contributed by atoms with E-state index in [9.17, 15) is 4.79 Å². The van der Waals surface area contributed by atoms with Crippen LogP contribution in [0, 0.1) is 18.3 Å². The Balaban J connectivity index is 1.79. The number of hydrogen-bond acceptors (Lipinski definition) is 5. The van der Waals surface area contributed by atoms with E-state index in [-0.39, 0.29) is 12.5 Å². The van der Waals surface area contributed by atoms with Crippen LogP contribution in [0.1, 0.15) is 5.56 Å². The van der Waals surface area contributed by atoms with Crippen LogP contribution in [-0.4, -0.2) is 43.3 Å². The number of anilines is 1. The van der Waals surface area contributed by atoms with Gasteiger partial charge in [0, 0.05) is 11.4 Å². The Hall–Kier alpha value is -2.49. The van der Waals surface area contributed by atoms with E-state index in [0.29, 0.717) is 18.9 Å². The first-order chi connectivity index (χ1) is 12.6. The van der Waals surface area contributed by atoms with Crippen LogP contribution in [0.5, 0.6) is 5.75 Å². The van der Waals surface area contributed by atoms with Gasteiger partial charge in [0.2, 0.25) is 5.91 Å². The number of nitriles is 1. The van der Waals surface area contributed by atoms with Crippen LogP contribution in [0.15, 0.2) is 53.4 Å². The van der Waals surface area contributed by atoms with Crippen LogP contribution in [0.25, 0.3) is 0 Å². The van der Waals surface area contributed by atoms with Crippen molar-refractivity contribution >= 4 is 23.4 Å². The number of nitrogens with one attached hydrogen (secondary N) is 1. The molecule has 1 amide bonds. The summed E-state index contributed by atoms with van der Waals surface area (Å²) < 4.78 is 5.76. The fraction of sp³-hybridized carbons (Fsp3) is 0.300. The van der Waals surface area contributed by atoms with Crippen LogP contribution in [0.2, 0.25) is 0 Å². The Morgan fingerprint density at radius 1 is 1.23 bits per heavy atom. The summed E-state index contributed by atoms with van der Waals surface area (Å²) in [6, 6.07) is 17.5. The largest absolute Gasteiger partial charge is 0.492 e. The van der Waals surface area contributed by atoms with Crippen LogP contribution in [-0.2, 0) is 4.79 Å². The highest BCUT2D eigenvalue weighted by Gasteiger charge is 2.10. The van der Waals surface area contributed by atoms with Crippen LogP contribution >= 0.6 is 11.8 Å². The minimum Gasteiger partial charge on any atom is -0.492 e. The summed E-state index contributed by atoms with van der Waals surface area (Å²) in [5.74, 6) is 1.13. The zero-order chi connectivity index (χ0) is 18.8. The standard InChI is InChI=1S/C20H23N3O2S/c1-16-7-3-5-9-18(16)25-13-12-23(2)15-20(24)22-17-8-4-6-10-19(17)26-14-11-21/h3-10H,12-15H2,1-2H3,(H,22,24). The van der Waals surface area contributed by atoms with Gasteiger partial charge in [-0.15, -0.1) is 11.8 Å². The van der Waals surface area contributed by atoms with Crippen molar-refractivity contribution in [1.82, 2.24) is 4.90 Å². The molecule has 0 aliphatic carbocycles. The Morgan fingerprint density at radius 3 is 2.73 bits per heavy atom. The molecule has 0 atom stereocenters. The SMILES string of the molecule is Cc1ccccc1OCCN(C)CC(=O)Nc1ccccc1SCC#N. The summed E-state index contributed by atoms with van der Waals surface area (Å²) in [6.45, 7) is 3.44. The van der Waals surface area contributed by atoms with E-state index in [1.807, 2.05) is 67.4 Å². The molecule has 26 heavy (non-hydrogen) atoms. The maximum absolute atomic E-state index is 12.3. The van der Waals surface area contributed by atoms with Gasteiger partial charge in [0.25, 0.3) is 0 Å². The number of ether oxygens (including phenoxy) is 1. The van der Waals surface area contributed by atoms with E-state index in [1.165, 1.54) is 11.8 Å². The zero-order valence-corrected chi connectivity index (χ0v) is 15.9. The lowest BCUT2D eigenvalue weighted by molar-refractivity contribution is -0.117. The average Bonchev–Trinajstić information content (AvgIpc) is 2.62. The smallest absolute Gasteiger partial charge is 0.238 e. The van der Waals surface area contributed by atoms with Gasteiger partial charge < -0.3 is 10.1 Å². The maximum atomic E-state index is 12.3. The fourth-order valence-corrected chi connectivity index (χ4v) is 3.02. The average molecular weight is 369 g/mol. The molecule has 0 aromatic heterocycles. The minimum atomic E-state index is -0.0894. The molecule has 0 aliphatic rings. The van der Waals surface area contributed by atoms with Crippen molar-refractivity contribution in [3.05, 3.63) is 54.1 Å². The second kappa shape index (κ2) is 10.5. The Bertz CT molecular complexity index is 774. The number of likely N-dealkylation sites (N-methyl/N-ethyl adjacent to an activating group) is 1. The van der Waals surface area contributed by atoms with Gasteiger partial charge in [-0.05, 0) is 37.7 Å². The molecule has 2 aromatic carbocycles. The number of rotatable bonds is 9. The lowest BCUT2D eigenvalue weighted by atomic mass is 10.2. The van der Waals surface area contributed by atoms with Gasteiger partial charge >= 0.3 is 0 Å². The first-order valence-corrected chi connectivity index (χ1v) is 9.34.